The number of methoxy groups -OCH3 is 1. The summed E-state index contributed by atoms with van der Waals surface area (Å²) in [5.41, 5.74) is 4.92. The number of carbonyl (C=O) groups is 1. The summed E-state index contributed by atoms with van der Waals surface area (Å²) in [5.74, 6) is -0.536. The first-order valence-electron chi connectivity index (χ1n) is 6.80. The van der Waals surface area contributed by atoms with Gasteiger partial charge in [0.2, 0.25) is 0 Å². The zero-order valence-corrected chi connectivity index (χ0v) is 13.3. The third kappa shape index (κ3) is 4.87. The van der Waals surface area contributed by atoms with Gasteiger partial charge in [-0.05, 0) is 25.0 Å². The average molecular weight is 351 g/mol. The number of esters is 1. The minimum Gasteiger partial charge on any atom is -0.467 e. The molecule has 0 aromatic heterocycles. The summed E-state index contributed by atoms with van der Waals surface area (Å²) in [6, 6.07) is 1.32. The van der Waals surface area contributed by atoms with E-state index in [1.165, 1.54) is 13.2 Å². The lowest BCUT2D eigenvalue weighted by molar-refractivity contribution is -0.141. The zero-order chi connectivity index (χ0) is 17.6. The number of alkyl halides is 3. The molecular formula is C15H18ClF3N2O2. The van der Waals surface area contributed by atoms with Crippen LogP contribution in [-0.2, 0) is 22.3 Å². The molecule has 23 heavy (non-hydrogen) atoms. The molecule has 0 aliphatic carbocycles. The monoisotopic (exact) mass is 350 g/mol. The number of benzene rings is 1. The Morgan fingerprint density at radius 2 is 2.17 bits per heavy atom. The Morgan fingerprint density at radius 3 is 2.65 bits per heavy atom. The molecular weight excluding hydrogens is 333 g/mol. The maximum atomic E-state index is 12.9. The van der Waals surface area contributed by atoms with E-state index in [2.05, 4.69) is 16.6 Å². The number of hydrogen-bond acceptors (Lipinski definition) is 4. The van der Waals surface area contributed by atoms with Gasteiger partial charge in [-0.15, -0.1) is 6.58 Å². The highest BCUT2D eigenvalue weighted by Gasteiger charge is 2.34. The molecule has 128 valence electrons. The molecule has 1 aromatic carbocycles. The van der Waals surface area contributed by atoms with Crippen LogP contribution in [0.2, 0.25) is 5.02 Å². The fraction of sp³-hybridized carbons (Fsp3) is 0.400. The number of hydrogen-bond donors (Lipinski definition) is 2. The Hall–Kier alpha value is -1.73. The molecule has 0 saturated heterocycles. The molecule has 1 aromatic rings. The van der Waals surface area contributed by atoms with Crippen LogP contribution >= 0.6 is 11.6 Å². The summed E-state index contributed by atoms with van der Waals surface area (Å²) < 4.78 is 43.3. The molecule has 0 aliphatic heterocycles. The number of anilines is 1. The molecule has 4 nitrogen and oxygen atoms in total. The summed E-state index contributed by atoms with van der Waals surface area (Å²) in [6.07, 6.45) is -2.05. The molecule has 3 N–H and O–H groups in total. The van der Waals surface area contributed by atoms with Gasteiger partial charge in [0.15, 0.2) is 0 Å². The van der Waals surface area contributed by atoms with Gasteiger partial charge in [0.25, 0.3) is 0 Å². The minimum atomic E-state index is -4.58. The van der Waals surface area contributed by atoms with Crippen molar-refractivity contribution in [1.82, 2.24) is 0 Å². The van der Waals surface area contributed by atoms with Crippen LogP contribution in [-0.4, -0.2) is 19.1 Å². The number of rotatable bonds is 7. The topological polar surface area (TPSA) is 64.3 Å². The van der Waals surface area contributed by atoms with E-state index in [-0.39, 0.29) is 17.8 Å². The van der Waals surface area contributed by atoms with Crippen LogP contribution in [0, 0.1) is 0 Å². The smallest absolute Gasteiger partial charge is 0.417 e. The summed E-state index contributed by atoms with van der Waals surface area (Å²) in [6.45, 7) is 3.36. The summed E-state index contributed by atoms with van der Waals surface area (Å²) in [4.78, 5) is 11.8. The van der Waals surface area contributed by atoms with Gasteiger partial charge >= 0.3 is 12.1 Å². The predicted octanol–water partition coefficient (Wildman–Crippen LogP) is 3.74. The van der Waals surface area contributed by atoms with Crippen LogP contribution < -0.4 is 11.1 Å². The van der Waals surface area contributed by atoms with Gasteiger partial charge in [0.1, 0.15) is 6.04 Å². The Bertz CT molecular complexity index is 577. The number of halogens is 4. The Morgan fingerprint density at radius 1 is 1.52 bits per heavy atom. The van der Waals surface area contributed by atoms with E-state index >= 15 is 0 Å². The molecule has 0 spiro atoms. The molecule has 1 rings (SSSR count). The van der Waals surface area contributed by atoms with E-state index in [4.69, 9.17) is 17.3 Å². The lowest BCUT2D eigenvalue weighted by Crippen LogP contribution is -2.31. The number of allylic oxidation sites excluding steroid dienone is 1. The number of nitrogens with two attached hydrogens (primary N) is 1. The van der Waals surface area contributed by atoms with Crippen LogP contribution in [0.25, 0.3) is 0 Å². The molecule has 1 atom stereocenters. The Labute approximate surface area is 137 Å². The number of carbonyl (C=O) groups excluding carboxylic acids is 1. The third-order valence-corrected chi connectivity index (χ3v) is 3.66. The van der Waals surface area contributed by atoms with Gasteiger partial charge in [0, 0.05) is 17.8 Å². The van der Waals surface area contributed by atoms with E-state index in [9.17, 15) is 18.0 Å². The van der Waals surface area contributed by atoms with Crippen LogP contribution in [0.4, 0.5) is 18.9 Å². The zero-order valence-electron chi connectivity index (χ0n) is 12.5. The highest BCUT2D eigenvalue weighted by Crippen LogP contribution is 2.39. The molecule has 0 radical (unpaired) electrons. The predicted molar refractivity (Wildman–Crippen MR) is 83.2 cm³/mol. The Balaban J connectivity index is 3.18. The SMILES string of the molecule is C=CCCC(Nc1ccc(C(F)(F)F)c(Cl)c1CN)C(=O)OC. The minimum absolute atomic E-state index is 0.0917. The number of nitrogens with one attached hydrogen (secondary N) is 1. The highest BCUT2D eigenvalue weighted by atomic mass is 35.5. The van der Waals surface area contributed by atoms with Crippen LogP contribution in [0.15, 0.2) is 24.8 Å². The second-order valence-electron chi connectivity index (χ2n) is 4.74. The normalized spacial score (nSPS) is 12.6. The lowest BCUT2D eigenvalue weighted by Gasteiger charge is -2.21. The van der Waals surface area contributed by atoms with Crippen molar-refractivity contribution < 1.29 is 22.7 Å². The molecule has 0 aliphatic rings. The van der Waals surface area contributed by atoms with Gasteiger partial charge in [0.05, 0.1) is 17.7 Å². The molecule has 8 heteroatoms. The summed E-state index contributed by atoms with van der Waals surface area (Å²) in [5, 5.41) is 2.37. The first-order valence-corrected chi connectivity index (χ1v) is 7.17. The molecule has 0 saturated carbocycles. The van der Waals surface area contributed by atoms with E-state index in [0.717, 1.165) is 6.07 Å². The van der Waals surface area contributed by atoms with Crippen molar-refractivity contribution in [2.24, 2.45) is 5.73 Å². The van der Waals surface area contributed by atoms with Crippen LogP contribution in [0.5, 0.6) is 0 Å². The maximum absolute atomic E-state index is 12.9. The van der Waals surface area contributed by atoms with Gasteiger partial charge in [-0.2, -0.15) is 13.2 Å². The average Bonchev–Trinajstić information content (AvgIpc) is 2.49. The molecule has 0 bridgehead atoms. The van der Waals surface area contributed by atoms with Crippen LogP contribution in [0.1, 0.15) is 24.0 Å². The second kappa shape index (κ2) is 8.21. The maximum Gasteiger partial charge on any atom is 0.417 e. The lowest BCUT2D eigenvalue weighted by atomic mass is 10.1. The van der Waals surface area contributed by atoms with Crippen molar-refractivity contribution >= 4 is 23.3 Å². The van der Waals surface area contributed by atoms with Gasteiger partial charge < -0.3 is 15.8 Å². The van der Waals surface area contributed by atoms with Crippen molar-refractivity contribution in [3.8, 4) is 0 Å². The van der Waals surface area contributed by atoms with Crippen LogP contribution in [0.3, 0.4) is 0 Å². The van der Waals surface area contributed by atoms with Crippen molar-refractivity contribution in [1.29, 1.82) is 0 Å². The first-order chi connectivity index (χ1) is 10.8. The number of ether oxygens (including phenoxy) is 1. The van der Waals surface area contributed by atoms with Gasteiger partial charge in [-0.3, -0.25) is 0 Å². The van der Waals surface area contributed by atoms with Crippen molar-refractivity contribution in [2.45, 2.75) is 31.6 Å². The summed E-state index contributed by atoms with van der Waals surface area (Å²) >= 11 is 5.83. The fourth-order valence-electron chi connectivity index (χ4n) is 2.04. The largest absolute Gasteiger partial charge is 0.467 e. The standard InChI is InChI=1S/C15H18ClF3N2O2/c1-3-4-5-12(14(22)23-2)21-11-7-6-10(15(17,18)19)13(16)9(11)8-20/h3,6-7,12,21H,1,4-5,8,20H2,2H3. The van der Waals surface area contributed by atoms with E-state index in [1.807, 2.05) is 0 Å². The second-order valence-corrected chi connectivity index (χ2v) is 5.12. The van der Waals surface area contributed by atoms with E-state index in [0.29, 0.717) is 12.8 Å². The highest BCUT2D eigenvalue weighted by molar-refractivity contribution is 6.32. The fourth-order valence-corrected chi connectivity index (χ4v) is 2.39. The van der Waals surface area contributed by atoms with E-state index in [1.54, 1.807) is 6.08 Å². The quantitative estimate of drug-likeness (QED) is 0.581. The molecule has 0 amide bonds. The van der Waals surface area contributed by atoms with Gasteiger partial charge in [-0.25, -0.2) is 4.79 Å². The van der Waals surface area contributed by atoms with Crippen molar-refractivity contribution in [3.63, 3.8) is 0 Å². The van der Waals surface area contributed by atoms with E-state index < -0.39 is 28.8 Å². The molecule has 0 heterocycles. The molecule has 0 fully saturated rings. The first kappa shape index (κ1) is 19.3. The van der Waals surface area contributed by atoms with Crippen molar-refractivity contribution in [2.75, 3.05) is 12.4 Å². The van der Waals surface area contributed by atoms with Gasteiger partial charge in [-0.1, -0.05) is 17.7 Å². The summed E-state index contributed by atoms with van der Waals surface area (Å²) in [7, 11) is 1.23. The third-order valence-electron chi connectivity index (χ3n) is 3.23. The van der Waals surface area contributed by atoms with Crippen molar-refractivity contribution in [3.05, 3.63) is 40.9 Å². The Kier molecular flexibility index (Phi) is 6.90. The molecule has 1 unspecified atom stereocenters.